The number of likely N-dealkylation sites (tertiary alicyclic amines) is 1. The Morgan fingerprint density at radius 2 is 2.25 bits per heavy atom. The van der Waals surface area contributed by atoms with Crippen molar-refractivity contribution in [2.45, 2.75) is 37.5 Å². The first-order valence-electron chi connectivity index (χ1n) is 5.55. The third kappa shape index (κ3) is 3.44. The van der Waals surface area contributed by atoms with Gasteiger partial charge in [-0.1, -0.05) is 6.42 Å². The summed E-state index contributed by atoms with van der Waals surface area (Å²) in [5.74, 6) is 0. The van der Waals surface area contributed by atoms with Crippen LogP contribution in [-0.4, -0.2) is 44.7 Å². The van der Waals surface area contributed by atoms with E-state index >= 15 is 0 Å². The number of hydrogen-bond acceptors (Lipinski definition) is 4. The topological polar surface area (TPSA) is 73.2 Å². The summed E-state index contributed by atoms with van der Waals surface area (Å²) < 4.78 is 25.6. The molecule has 16 heavy (non-hydrogen) atoms. The first-order valence-corrected chi connectivity index (χ1v) is 7.10. The fraction of sp³-hybridized carbons (Fsp3) is 0.900. The van der Waals surface area contributed by atoms with E-state index < -0.39 is 15.3 Å². The lowest BCUT2D eigenvalue weighted by molar-refractivity contribution is 0.187. The molecule has 1 heterocycles. The van der Waals surface area contributed by atoms with Crippen molar-refractivity contribution in [2.75, 3.05) is 20.1 Å². The van der Waals surface area contributed by atoms with Gasteiger partial charge in [-0.15, -0.1) is 0 Å². The second-order valence-corrected chi connectivity index (χ2v) is 6.38. The molecule has 0 saturated carbocycles. The van der Waals surface area contributed by atoms with Crippen LogP contribution < -0.4 is 4.72 Å². The number of nitrogens with one attached hydrogen (secondary N) is 1. The molecular formula is C10H19N3O2S. The second-order valence-electron chi connectivity index (χ2n) is 4.30. The van der Waals surface area contributed by atoms with Crippen LogP contribution >= 0.6 is 0 Å². The number of piperidine rings is 1. The Bertz CT molecular complexity index is 361. The predicted molar refractivity (Wildman–Crippen MR) is 62.3 cm³/mol. The van der Waals surface area contributed by atoms with Crippen LogP contribution in [0, 0.1) is 11.3 Å². The highest BCUT2D eigenvalue weighted by atomic mass is 32.2. The van der Waals surface area contributed by atoms with Crippen LogP contribution in [0.2, 0.25) is 0 Å². The molecule has 1 N–H and O–H groups in total. The Morgan fingerprint density at radius 1 is 1.56 bits per heavy atom. The van der Waals surface area contributed by atoms with Crippen molar-refractivity contribution in [3.63, 3.8) is 0 Å². The fourth-order valence-corrected chi connectivity index (χ4v) is 2.62. The van der Waals surface area contributed by atoms with E-state index in [-0.39, 0.29) is 6.04 Å². The molecule has 1 saturated heterocycles. The smallest absolute Gasteiger partial charge is 0.227 e. The lowest BCUT2D eigenvalue weighted by atomic mass is 10.0. The highest BCUT2D eigenvalue weighted by molar-refractivity contribution is 7.90. The molecular weight excluding hydrogens is 226 g/mol. The highest BCUT2D eigenvalue weighted by Crippen LogP contribution is 2.14. The number of rotatable bonds is 4. The molecule has 1 fully saturated rings. The summed E-state index contributed by atoms with van der Waals surface area (Å²) in [7, 11) is -1.47. The van der Waals surface area contributed by atoms with Crippen molar-refractivity contribution in [3.8, 4) is 6.07 Å². The zero-order valence-electron chi connectivity index (χ0n) is 9.81. The van der Waals surface area contributed by atoms with Crippen LogP contribution in [0.3, 0.4) is 0 Å². The summed E-state index contributed by atoms with van der Waals surface area (Å²) in [5.41, 5.74) is 0. The van der Waals surface area contributed by atoms with Gasteiger partial charge >= 0.3 is 0 Å². The van der Waals surface area contributed by atoms with Crippen molar-refractivity contribution < 1.29 is 8.42 Å². The van der Waals surface area contributed by atoms with Crippen LogP contribution in [0.15, 0.2) is 0 Å². The van der Waals surface area contributed by atoms with Crippen molar-refractivity contribution in [3.05, 3.63) is 0 Å². The quantitative estimate of drug-likeness (QED) is 0.773. The van der Waals surface area contributed by atoms with Crippen molar-refractivity contribution in [1.29, 1.82) is 5.26 Å². The van der Waals surface area contributed by atoms with Gasteiger partial charge in [0.2, 0.25) is 10.0 Å². The Kier molecular flexibility index (Phi) is 4.71. The average molecular weight is 245 g/mol. The minimum absolute atomic E-state index is 0.259. The minimum atomic E-state index is -3.47. The number of nitriles is 1. The zero-order valence-corrected chi connectivity index (χ0v) is 10.6. The highest BCUT2D eigenvalue weighted by Gasteiger charge is 2.24. The minimum Gasteiger partial charge on any atom is -0.302 e. The van der Waals surface area contributed by atoms with E-state index in [2.05, 4.69) is 9.62 Å². The van der Waals surface area contributed by atoms with Crippen molar-refractivity contribution >= 4 is 10.0 Å². The van der Waals surface area contributed by atoms with Gasteiger partial charge in [-0.05, 0) is 33.4 Å². The van der Waals surface area contributed by atoms with E-state index in [9.17, 15) is 8.42 Å². The molecule has 0 aromatic rings. The maximum Gasteiger partial charge on any atom is 0.227 e. The van der Waals surface area contributed by atoms with Gasteiger partial charge in [0.1, 0.15) is 0 Å². The molecule has 0 aliphatic carbocycles. The summed E-state index contributed by atoms with van der Waals surface area (Å²) >= 11 is 0. The van der Waals surface area contributed by atoms with Crippen LogP contribution in [-0.2, 0) is 10.0 Å². The summed E-state index contributed by atoms with van der Waals surface area (Å²) in [4.78, 5) is 2.17. The number of hydrogen-bond donors (Lipinski definition) is 1. The second kappa shape index (κ2) is 5.62. The van der Waals surface area contributed by atoms with Crippen LogP contribution in [0.5, 0.6) is 0 Å². The van der Waals surface area contributed by atoms with Gasteiger partial charge in [0.25, 0.3) is 0 Å². The van der Waals surface area contributed by atoms with E-state index in [1.807, 2.05) is 7.05 Å². The molecule has 1 rings (SSSR count). The summed E-state index contributed by atoms with van der Waals surface area (Å²) in [6.07, 6.45) is 3.33. The van der Waals surface area contributed by atoms with Gasteiger partial charge in [-0.2, -0.15) is 5.26 Å². The van der Waals surface area contributed by atoms with Gasteiger partial charge < -0.3 is 4.90 Å². The molecule has 1 aliphatic heterocycles. The molecule has 2 atom stereocenters. The predicted octanol–water partition coefficient (Wildman–Crippen LogP) is 0.302. The molecule has 5 nitrogen and oxygen atoms in total. The van der Waals surface area contributed by atoms with E-state index in [1.165, 1.54) is 13.3 Å². The third-order valence-electron chi connectivity index (χ3n) is 3.09. The van der Waals surface area contributed by atoms with E-state index in [0.29, 0.717) is 6.54 Å². The van der Waals surface area contributed by atoms with Crippen molar-refractivity contribution in [2.24, 2.45) is 0 Å². The lowest BCUT2D eigenvalue weighted by Gasteiger charge is -2.32. The summed E-state index contributed by atoms with van der Waals surface area (Å²) in [5, 5.41) is 7.59. The standard InChI is InChI=1S/C10H19N3O2S/c1-9(7-11)16(14,15)12-8-10-5-3-4-6-13(10)2/h9-10,12H,3-6,8H2,1-2H3. The third-order valence-corrected chi connectivity index (χ3v) is 4.69. The lowest BCUT2D eigenvalue weighted by Crippen LogP contribution is -2.45. The van der Waals surface area contributed by atoms with Gasteiger partial charge in [0.05, 0.1) is 6.07 Å². The monoisotopic (exact) mass is 245 g/mol. The maximum atomic E-state index is 11.6. The SMILES string of the molecule is CC(C#N)S(=O)(=O)NCC1CCCCN1C. The first kappa shape index (κ1) is 13.4. The van der Waals surface area contributed by atoms with Crippen LogP contribution in [0.25, 0.3) is 0 Å². The fourth-order valence-electron chi connectivity index (χ4n) is 1.81. The molecule has 0 aromatic carbocycles. The Balaban J connectivity index is 2.48. The summed E-state index contributed by atoms with van der Waals surface area (Å²) in [6, 6.07) is 2.00. The van der Waals surface area contributed by atoms with Gasteiger partial charge in [-0.25, -0.2) is 13.1 Å². The van der Waals surface area contributed by atoms with E-state index in [1.54, 1.807) is 6.07 Å². The summed E-state index contributed by atoms with van der Waals surface area (Å²) in [6.45, 7) is 2.82. The van der Waals surface area contributed by atoms with Crippen molar-refractivity contribution in [1.82, 2.24) is 9.62 Å². The molecule has 0 amide bonds. The Hall–Kier alpha value is -0.640. The zero-order chi connectivity index (χ0) is 12.2. The number of nitrogens with zero attached hydrogens (tertiary/aromatic N) is 2. The first-order chi connectivity index (χ1) is 7.47. The Labute approximate surface area is 97.5 Å². The van der Waals surface area contributed by atoms with E-state index in [4.69, 9.17) is 5.26 Å². The van der Waals surface area contributed by atoms with E-state index in [0.717, 1.165) is 19.4 Å². The van der Waals surface area contributed by atoms with Gasteiger partial charge in [0, 0.05) is 12.6 Å². The largest absolute Gasteiger partial charge is 0.302 e. The number of likely N-dealkylation sites (N-methyl/N-ethyl adjacent to an activating group) is 1. The molecule has 2 unspecified atom stereocenters. The maximum absolute atomic E-state index is 11.6. The molecule has 0 radical (unpaired) electrons. The van der Waals surface area contributed by atoms with Gasteiger partial charge in [0.15, 0.2) is 5.25 Å². The number of sulfonamides is 1. The molecule has 92 valence electrons. The molecule has 0 aromatic heterocycles. The average Bonchev–Trinajstić information content (AvgIpc) is 2.27. The molecule has 0 spiro atoms. The Morgan fingerprint density at radius 3 is 2.81 bits per heavy atom. The van der Waals surface area contributed by atoms with Gasteiger partial charge in [-0.3, -0.25) is 0 Å². The molecule has 0 bridgehead atoms. The van der Waals surface area contributed by atoms with Crippen LogP contribution in [0.4, 0.5) is 0 Å². The van der Waals surface area contributed by atoms with Crippen LogP contribution in [0.1, 0.15) is 26.2 Å². The normalized spacial score (nSPS) is 24.9. The molecule has 1 aliphatic rings. The molecule has 6 heteroatoms.